The number of ether oxygens (including phenoxy) is 1. The first kappa shape index (κ1) is 24.2. The molecule has 1 aromatic carbocycles. The highest BCUT2D eigenvalue weighted by Gasteiger charge is 2.47. The van der Waals surface area contributed by atoms with Crippen LogP contribution in [0.4, 0.5) is 4.79 Å². The van der Waals surface area contributed by atoms with Gasteiger partial charge < -0.3 is 20.9 Å². The van der Waals surface area contributed by atoms with E-state index >= 15 is 0 Å². The minimum absolute atomic E-state index is 0.130. The van der Waals surface area contributed by atoms with E-state index in [9.17, 15) is 9.59 Å². The molecule has 0 spiro atoms. The Hall–Kier alpha value is -2.08. The van der Waals surface area contributed by atoms with E-state index in [4.69, 9.17) is 15.6 Å². The monoisotopic (exact) mass is 418 g/mol. The average Bonchev–Trinajstić information content (AvgIpc) is 2.63. The van der Waals surface area contributed by atoms with E-state index in [2.05, 4.69) is 26.1 Å². The second-order valence-electron chi connectivity index (χ2n) is 9.87. The van der Waals surface area contributed by atoms with Crippen LogP contribution in [0, 0.1) is 10.8 Å². The lowest BCUT2D eigenvalue weighted by Gasteiger charge is -2.48. The Morgan fingerprint density at radius 1 is 1.20 bits per heavy atom. The van der Waals surface area contributed by atoms with Gasteiger partial charge in [-0.3, -0.25) is 0 Å². The van der Waals surface area contributed by atoms with Gasteiger partial charge in [-0.2, -0.15) is 0 Å². The number of hydrogen-bond donors (Lipinski definition) is 3. The van der Waals surface area contributed by atoms with Crippen LogP contribution in [0.15, 0.2) is 24.3 Å². The Bertz CT molecular complexity index is 734. The molecular formula is C24H38N2O4. The van der Waals surface area contributed by atoms with Crippen molar-refractivity contribution in [3.63, 3.8) is 0 Å². The molecule has 1 saturated carbocycles. The maximum atomic E-state index is 13.0. The fourth-order valence-electron chi connectivity index (χ4n) is 5.06. The van der Waals surface area contributed by atoms with Gasteiger partial charge in [-0.1, -0.05) is 65.2 Å². The molecule has 0 heterocycles. The van der Waals surface area contributed by atoms with Crippen molar-refractivity contribution in [1.82, 2.24) is 5.32 Å². The largest absolute Gasteiger partial charge is 0.465 e. The van der Waals surface area contributed by atoms with E-state index in [1.54, 1.807) is 0 Å². The lowest BCUT2D eigenvalue weighted by molar-refractivity contribution is -0.140. The van der Waals surface area contributed by atoms with Crippen LogP contribution in [-0.2, 0) is 11.2 Å². The van der Waals surface area contributed by atoms with Gasteiger partial charge in [0, 0.05) is 6.04 Å². The molecule has 30 heavy (non-hydrogen) atoms. The van der Waals surface area contributed by atoms with Gasteiger partial charge in [-0.15, -0.1) is 0 Å². The summed E-state index contributed by atoms with van der Waals surface area (Å²) in [4.78, 5) is 24.2. The van der Waals surface area contributed by atoms with Gasteiger partial charge in [0.1, 0.15) is 11.8 Å². The predicted octanol–water partition coefficient (Wildman–Crippen LogP) is 4.89. The minimum atomic E-state index is -1.05. The van der Waals surface area contributed by atoms with Crippen molar-refractivity contribution in [2.75, 3.05) is 0 Å². The third kappa shape index (κ3) is 6.73. The molecule has 1 aromatic rings. The fourth-order valence-corrected chi connectivity index (χ4v) is 5.06. The van der Waals surface area contributed by atoms with Crippen molar-refractivity contribution in [3.05, 3.63) is 29.8 Å². The Morgan fingerprint density at radius 3 is 2.57 bits per heavy atom. The number of carbonyl (C=O) groups excluding carboxylic acids is 1. The van der Waals surface area contributed by atoms with Crippen LogP contribution < -0.4 is 15.8 Å². The third-order valence-corrected chi connectivity index (χ3v) is 6.21. The maximum Gasteiger partial charge on any atom is 0.404 e. The summed E-state index contributed by atoms with van der Waals surface area (Å²) < 4.78 is 5.77. The predicted molar refractivity (Wildman–Crippen MR) is 119 cm³/mol. The minimum Gasteiger partial charge on any atom is -0.465 e. The van der Waals surface area contributed by atoms with E-state index in [0.717, 1.165) is 37.7 Å². The standard InChI is InChI=1S/C24H38N2O4/c1-5-6-7-8-11-17-12-9-10-13-19(17)30-21(27)20(25)24(4)15-18(26-22(28)29)14-23(2,3)16-24/h9-10,12-13,18,20,26H,5-8,11,14-16,25H2,1-4H3,(H,28,29). The summed E-state index contributed by atoms with van der Waals surface area (Å²) in [6, 6.07) is 6.57. The first-order valence-electron chi connectivity index (χ1n) is 11.1. The highest BCUT2D eigenvalue weighted by molar-refractivity contribution is 5.79. The molecule has 0 saturated heterocycles. The Morgan fingerprint density at radius 2 is 1.90 bits per heavy atom. The summed E-state index contributed by atoms with van der Waals surface area (Å²) >= 11 is 0. The zero-order chi connectivity index (χ0) is 22.4. The lowest BCUT2D eigenvalue weighted by atomic mass is 9.60. The summed E-state index contributed by atoms with van der Waals surface area (Å²) in [6.07, 6.45) is 6.37. The molecule has 1 fully saturated rings. The Labute approximate surface area is 180 Å². The molecule has 4 N–H and O–H groups in total. The zero-order valence-corrected chi connectivity index (χ0v) is 18.9. The molecule has 0 bridgehead atoms. The summed E-state index contributed by atoms with van der Waals surface area (Å²) in [5.41, 5.74) is 6.77. The van der Waals surface area contributed by atoms with Crippen molar-refractivity contribution < 1.29 is 19.4 Å². The van der Waals surface area contributed by atoms with Gasteiger partial charge in [0.2, 0.25) is 0 Å². The molecule has 6 heteroatoms. The SMILES string of the molecule is CCCCCCc1ccccc1OC(=O)C(N)C1(C)CC(NC(=O)O)CC(C)(C)C1. The topological polar surface area (TPSA) is 102 Å². The van der Waals surface area contributed by atoms with E-state index in [-0.39, 0.29) is 11.5 Å². The molecule has 3 atom stereocenters. The molecule has 168 valence electrons. The second kappa shape index (κ2) is 10.3. The summed E-state index contributed by atoms with van der Waals surface area (Å²) in [6.45, 7) is 8.32. The molecular weight excluding hydrogens is 380 g/mol. The normalized spacial score (nSPS) is 24.1. The lowest BCUT2D eigenvalue weighted by Crippen LogP contribution is -2.56. The van der Waals surface area contributed by atoms with Gasteiger partial charge in [0.05, 0.1) is 0 Å². The van der Waals surface area contributed by atoms with Crippen molar-refractivity contribution in [2.45, 2.75) is 91.1 Å². The van der Waals surface area contributed by atoms with Crippen molar-refractivity contribution in [1.29, 1.82) is 0 Å². The first-order chi connectivity index (χ1) is 14.1. The Kier molecular flexibility index (Phi) is 8.30. The smallest absolute Gasteiger partial charge is 0.404 e. The number of esters is 1. The van der Waals surface area contributed by atoms with Gasteiger partial charge in [-0.25, -0.2) is 9.59 Å². The number of unbranched alkanes of at least 4 members (excludes halogenated alkanes) is 3. The van der Waals surface area contributed by atoms with Crippen LogP contribution in [0.1, 0.15) is 78.2 Å². The van der Waals surface area contributed by atoms with E-state index < -0.39 is 23.5 Å². The number of aryl methyl sites for hydroxylation is 1. The van der Waals surface area contributed by atoms with Crippen LogP contribution in [0.25, 0.3) is 0 Å². The number of benzene rings is 1. The number of carbonyl (C=O) groups is 2. The number of rotatable bonds is 9. The molecule has 3 unspecified atom stereocenters. The number of carboxylic acid groups (broad SMARTS) is 1. The van der Waals surface area contributed by atoms with E-state index in [0.29, 0.717) is 12.2 Å². The molecule has 1 aliphatic carbocycles. The molecule has 0 radical (unpaired) electrons. The van der Waals surface area contributed by atoms with Crippen LogP contribution in [-0.4, -0.2) is 29.3 Å². The quantitative estimate of drug-likeness (QED) is 0.301. The number of para-hydroxylation sites is 1. The molecule has 0 aliphatic heterocycles. The van der Waals surface area contributed by atoms with Gasteiger partial charge in [0.15, 0.2) is 0 Å². The summed E-state index contributed by atoms with van der Waals surface area (Å²) in [7, 11) is 0. The van der Waals surface area contributed by atoms with Crippen molar-refractivity contribution >= 4 is 12.1 Å². The maximum absolute atomic E-state index is 13.0. The number of nitrogens with two attached hydrogens (primary N) is 1. The van der Waals surface area contributed by atoms with Crippen molar-refractivity contribution in [2.24, 2.45) is 16.6 Å². The third-order valence-electron chi connectivity index (χ3n) is 6.21. The summed E-state index contributed by atoms with van der Waals surface area (Å²) in [5.74, 6) is 0.124. The molecule has 0 aromatic heterocycles. The molecule has 2 rings (SSSR count). The number of hydrogen-bond acceptors (Lipinski definition) is 4. The highest BCUT2D eigenvalue weighted by Crippen LogP contribution is 2.47. The van der Waals surface area contributed by atoms with E-state index in [1.807, 2.05) is 31.2 Å². The first-order valence-corrected chi connectivity index (χ1v) is 11.1. The van der Waals surface area contributed by atoms with Crippen LogP contribution in [0.2, 0.25) is 0 Å². The molecule has 1 aliphatic rings. The van der Waals surface area contributed by atoms with E-state index in [1.165, 1.54) is 12.8 Å². The second-order valence-corrected chi connectivity index (χ2v) is 9.87. The van der Waals surface area contributed by atoms with Crippen molar-refractivity contribution in [3.8, 4) is 5.75 Å². The fraction of sp³-hybridized carbons (Fsp3) is 0.667. The Balaban J connectivity index is 2.10. The highest BCUT2D eigenvalue weighted by atomic mass is 16.5. The van der Waals surface area contributed by atoms with Gasteiger partial charge in [0.25, 0.3) is 0 Å². The number of nitrogens with one attached hydrogen (secondary N) is 1. The average molecular weight is 419 g/mol. The number of amides is 1. The summed E-state index contributed by atoms with van der Waals surface area (Å²) in [5, 5.41) is 11.7. The zero-order valence-electron chi connectivity index (χ0n) is 18.9. The van der Waals surface area contributed by atoms with Gasteiger partial charge >= 0.3 is 12.1 Å². The van der Waals surface area contributed by atoms with Crippen LogP contribution >= 0.6 is 0 Å². The van der Waals surface area contributed by atoms with Crippen LogP contribution in [0.3, 0.4) is 0 Å². The van der Waals surface area contributed by atoms with Crippen LogP contribution in [0.5, 0.6) is 5.75 Å². The molecule has 1 amide bonds. The molecule has 6 nitrogen and oxygen atoms in total. The van der Waals surface area contributed by atoms with Gasteiger partial charge in [-0.05, 0) is 54.6 Å².